The third kappa shape index (κ3) is 5.08. The molecule has 9 nitrogen and oxygen atoms in total. The molecule has 0 bridgehead atoms. The van der Waals surface area contributed by atoms with Crippen molar-refractivity contribution in [2.45, 2.75) is 24.0 Å². The molecule has 26 heavy (non-hydrogen) atoms. The lowest BCUT2D eigenvalue weighted by molar-refractivity contribution is -0.137. The van der Waals surface area contributed by atoms with E-state index in [0.29, 0.717) is 6.07 Å². The highest BCUT2D eigenvalue weighted by atomic mass is 32.2. The number of sulfonamides is 1. The zero-order chi connectivity index (χ0) is 19.4. The number of aromatic nitrogens is 5. The summed E-state index contributed by atoms with van der Waals surface area (Å²) in [6.45, 7) is -1.18. The number of aryl methyl sites for hydroxylation is 1. The predicted molar refractivity (Wildman–Crippen MR) is 81.1 cm³/mol. The van der Waals surface area contributed by atoms with Gasteiger partial charge in [-0.15, -0.1) is 10.2 Å². The topological polar surface area (TPSA) is 115 Å². The van der Waals surface area contributed by atoms with Crippen LogP contribution in [0.15, 0.2) is 17.2 Å². The second-order valence-corrected chi connectivity index (χ2v) is 6.82. The van der Waals surface area contributed by atoms with Gasteiger partial charge in [0.25, 0.3) is 0 Å². The maximum Gasteiger partial charge on any atom is 0.419 e. The van der Waals surface area contributed by atoms with E-state index >= 15 is 0 Å². The van der Waals surface area contributed by atoms with Crippen LogP contribution in [0.25, 0.3) is 0 Å². The van der Waals surface area contributed by atoms with Gasteiger partial charge >= 0.3 is 6.18 Å². The number of tetrazole rings is 1. The van der Waals surface area contributed by atoms with E-state index in [1.54, 1.807) is 0 Å². The highest BCUT2D eigenvalue weighted by Crippen LogP contribution is 2.35. The maximum absolute atomic E-state index is 13.3. The largest absolute Gasteiger partial charge is 0.419 e. The van der Waals surface area contributed by atoms with Gasteiger partial charge in [0.1, 0.15) is 10.7 Å². The molecule has 0 aliphatic rings. The molecule has 0 amide bonds. The first-order valence-corrected chi connectivity index (χ1v) is 8.71. The Morgan fingerprint density at radius 3 is 2.62 bits per heavy atom. The average molecular weight is 397 g/mol. The minimum atomic E-state index is -4.85. The predicted octanol–water partition coefficient (Wildman–Crippen LogP) is 0.874. The quantitative estimate of drug-likeness (QED) is 0.502. The van der Waals surface area contributed by atoms with E-state index in [4.69, 9.17) is 0 Å². The van der Waals surface area contributed by atoms with Crippen LogP contribution in [-0.4, -0.2) is 46.8 Å². The van der Waals surface area contributed by atoms with Crippen molar-refractivity contribution in [1.82, 2.24) is 29.9 Å². The van der Waals surface area contributed by atoms with Gasteiger partial charge in [0.15, 0.2) is 5.82 Å². The number of alkyl halides is 4. The molecular weight excluding hydrogens is 382 g/mol. The smallest absolute Gasteiger partial charge is 0.362 e. The van der Waals surface area contributed by atoms with E-state index in [9.17, 15) is 26.0 Å². The van der Waals surface area contributed by atoms with Gasteiger partial charge in [-0.2, -0.15) is 18.0 Å². The molecule has 0 saturated heterocycles. The third-order valence-electron chi connectivity index (χ3n) is 3.04. The number of nitrogens with one attached hydrogen (secondary N) is 2. The van der Waals surface area contributed by atoms with E-state index in [0.717, 1.165) is 11.0 Å². The fourth-order valence-electron chi connectivity index (χ4n) is 1.86. The van der Waals surface area contributed by atoms with Crippen molar-refractivity contribution in [3.8, 4) is 0 Å². The molecule has 0 saturated carbocycles. The van der Waals surface area contributed by atoms with E-state index in [-0.39, 0.29) is 25.3 Å². The molecule has 0 aliphatic carbocycles. The van der Waals surface area contributed by atoms with E-state index in [2.05, 4.69) is 25.7 Å². The standard InChI is InChI=1S/C12H15F4N7O2S/c1-23-21-10(20-22-23)7-18-11-9(12(14,15)16)5-8(6-17-11)26(24,25)19-4-2-3-13/h5-6,19H,2-4,7H2,1H3,(H,17,18). The first kappa shape index (κ1) is 20.0. The first-order chi connectivity index (χ1) is 12.1. The van der Waals surface area contributed by atoms with Crippen molar-refractivity contribution in [2.75, 3.05) is 18.5 Å². The molecule has 0 unspecified atom stereocenters. The number of anilines is 1. The number of nitrogens with zero attached hydrogens (tertiary/aromatic N) is 5. The summed E-state index contributed by atoms with van der Waals surface area (Å²) in [4.78, 5) is 4.01. The molecule has 0 atom stereocenters. The Morgan fingerprint density at radius 2 is 2.04 bits per heavy atom. The lowest BCUT2D eigenvalue weighted by atomic mass is 10.2. The molecule has 0 radical (unpaired) electrons. The second-order valence-electron chi connectivity index (χ2n) is 5.05. The Balaban J connectivity index is 2.26. The summed E-state index contributed by atoms with van der Waals surface area (Å²) in [6, 6.07) is 0.456. The van der Waals surface area contributed by atoms with Gasteiger partial charge < -0.3 is 5.32 Å². The molecule has 14 heteroatoms. The molecular formula is C12H15F4N7O2S. The minimum absolute atomic E-state index is 0.0937. The maximum atomic E-state index is 13.3. The second kappa shape index (κ2) is 7.90. The van der Waals surface area contributed by atoms with Crippen molar-refractivity contribution in [3.05, 3.63) is 23.7 Å². The molecule has 2 aromatic rings. The SMILES string of the molecule is Cn1nnc(CNc2ncc(S(=O)(=O)NCCCF)cc2C(F)(F)F)n1. The number of rotatable bonds is 8. The molecule has 2 N–H and O–H groups in total. The van der Waals surface area contributed by atoms with Gasteiger partial charge in [-0.05, 0) is 17.7 Å². The van der Waals surface area contributed by atoms with Crippen LogP contribution in [0.2, 0.25) is 0 Å². The summed E-state index contributed by atoms with van der Waals surface area (Å²) < 4.78 is 77.8. The molecule has 144 valence electrons. The monoisotopic (exact) mass is 397 g/mol. The Kier molecular flexibility index (Phi) is 6.07. The van der Waals surface area contributed by atoms with Crippen molar-refractivity contribution in [3.63, 3.8) is 0 Å². The summed E-state index contributed by atoms with van der Waals surface area (Å²) in [5.41, 5.74) is -1.27. The van der Waals surface area contributed by atoms with Crippen LogP contribution in [-0.2, 0) is 29.8 Å². The highest BCUT2D eigenvalue weighted by Gasteiger charge is 2.36. The number of hydrogen-bond acceptors (Lipinski definition) is 7. The summed E-state index contributed by atoms with van der Waals surface area (Å²) in [7, 11) is -2.75. The minimum Gasteiger partial charge on any atom is -0.362 e. The number of pyridine rings is 1. The van der Waals surface area contributed by atoms with Gasteiger partial charge in [-0.1, -0.05) is 0 Å². The molecule has 0 aromatic carbocycles. The van der Waals surface area contributed by atoms with Crippen LogP contribution < -0.4 is 10.0 Å². The van der Waals surface area contributed by atoms with Crippen LogP contribution >= 0.6 is 0 Å². The van der Waals surface area contributed by atoms with Crippen LogP contribution in [0.1, 0.15) is 17.8 Å². The normalized spacial score (nSPS) is 12.3. The van der Waals surface area contributed by atoms with Crippen molar-refractivity contribution in [2.24, 2.45) is 7.05 Å². The molecule has 0 spiro atoms. The number of halogens is 4. The molecule has 2 rings (SSSR count). The van der Waals surface area contributed by atoms with Crippen LogP contribution in [0.3, 0.4) is 0 Å². The molecule has 2 aromatic heterocycles. The molecule has 0 fully saturated rings. The van der Waals surface area contributed by atoms with Gasteiger partial charge in [0.2, 0.25) is 10.0 Å². The van der Waals surface area contributed by atoms with Gasteiger partial charge in [-0.3, -0.25) is 4.39 Å². The van der Waals surface area contributed by atoms with E-state index in [1.807, 2.05) is 4.72 Å². The fraction of sp³-hybridized carbons (Fsp3) is 0.500. The third-order valence-corrected chi connectivity index (χ3v) is 4.47. The summed E-state index contributed by atoms with van der Waals surface area (Å²) in [6.07, 6.45) is -4.17. The summed E-state index contributed by atoms with van der Waals surface area (Å²) >= 11 is 0. The lowest BCUT2D eigenvalue weighted by Gasteiger charge is -2.14. The van der Waals surface area contributed by atoms with Gasteiger partial charge in [-0.25, -0.2) is 18.1 Å². The van der Waals surface area contributed by atoms with Crippen molar-refractivity contribution in [1.29, 1.82) is 0 Å². The molecule has 0 aliphatic heterocycles. The summed E-state index contributed by atoms with van der Waals surface area (Å²) in [5, 5.41) is 13.4. The zero-order valence-electron chi connectivity index (χ0n) is 13.5. The van der Waals surface area contributed by atoms with Gasteiger partial charge in [0, 0.05) is 12.7 Å². The lowest BCUT2D eigenvalue weighted by Crippen LogP contribution is -2.26. The summed E-state index contributed by atoms with van der Waals surface area (Å²) in [5.74, 6) is -0.445. The Labute approximate surface area is 145 Å². The zero-order valence-corrected chi connectivity index (χ0v) is 14.3. The average Bonchev–Trinajstić information content (AvgIpc) is 2.97. The fourth-order valence-corrected chi connectivity index (χ4v) is 2.91. The van der Waals surface area contributed by atoms with Crippen LogP contribution in [0.5, 0.6) is 0 Å². The molecule has 2 heterocycles. The van der Waals surface area contributed by atoms with Gasteiger partial charge in [0.05, 0.1) is 25.8 Å². The van der Waals surface area contributed by atoms with Crippen molar-refractivity contribution < 1.29 is 26.0 Å². The van der Waals surface area contributed by atoms with E-state index in [1.165, 1.54) is 7.05 Å². The van der Waals surface area contributed by atoms with E-state index < -0.39 is 39.2 Å². The van der Waals surface area contributed by atoms with Crippen molar-refractivity contribution >= 4 is 15.8 Å². The highest BCUT2D eigenvalue weighted by molar-refractivity contribution is 7.89. The van der Waals surface area contributed by atoms with Crippen LogP contribution in [0, 0.1) is 0 Å². The first-order valence-electron chi connectivity index (χ1n) is 7.23. The Hall–Kier alpha value is -2.35. The van der Waals surface area contributed by atoms with Crippen LogP contribution in [0.4, 0.5) is 23.4 Å². The number of hydrogen-bond donors (Lipinski definition) is 2. The Bertz CT molecular complexity index is 854. The Morgan fingerprint density at radius 1 is 1.31 bits per heavy atom.